The van der Waals surface area contributed by atoms with Crippen LogP contribution in [0.5, 0.6) is 0 Å². The van der Waals surface area contributed by atoms with Crippen molar-refractivity contribution >= 4 is 28.8 Å². The van der Waals surface area contributed by atoms with Gasteiger partial charge in [0.1, 0.15) is 0 Å². The molecule has 1 aliphatic rings. The van der Waals surface area contributed by atoms with Gasteiger partial charge in [-0.25, -0.2) is 0 Å². The van der Waals surface area contributed by atoms with Gasteiger partial charge in [-0.2, -0.15) is 0 Å². The van der Waals surface area contributed by atoms with Crippen LogP contribution in [0.4, 0.5) is 0 Å². The van der Waals surface area contributed by atoms with Crippen molar-refractivity contribution < 1.29 is 4.79 Å². The Kier molecular flexibility index (Phi) is 5.25. The Morgan fingerprint density at radius 1 is 1.63 bits per heavy atom. The van der Waals surface area contributed by atoms with Crippen molar-refractivity contribution in [3.05, 3.63) is 21.3 Å². The molecule has 0 saturated carbocycles. The van der Waals surface area contributed by atoms with Gasteiger partial charge in [0, 0.05) is 35.8 Å². The number of nitrogens with zero attached hydrogens (tertiary/aromatic N) is 1. The summed E-state index contributed by atoms with van der Waals surface area (Å²) >= 11 is 7.51. The van der Waals surface area contributed by atoms with E-state index >= 15 is 0 Å². The number of rotatable bonds is 4. The monoisotopic (exact) mass is 300 g/mol. The molecule has 1 aliphatic heterocycles. The molecule has 5 heteroatoms. The predicted molar refractivity (Wildman–Crippen MR) is 80.6 cm³/mol. The Morgan fingerprint density at radius 2 is 2.42 bits per heavy atom. The third kappa shape index (κ3) is 3.71. The van der Waals surface area contributed by atoms with Crippen LogP contribution in [0.1, 0.15) is 31.1 Å². The number of aryl methyl sites for hydroxylation is 1. The van der Waals surface area contributed by atoms with Crippen molar-refractivity contribution in [3.8, 4) is 0 Å². The van der Waals surface area contributed by atoms with Crippen LogP contribution in [-0.4, -0.2) is 29.9 Å². The molecule has 3 nitrogen and oxygen atoms in total. The second kappa shape index (κ2) is 6.73. The average Bonchev–Trinajstić information content (AvgIpc) is 2.81. The van der Waals surface area contributed by atoms with Gasteiger partial charge in [0.15, 0.2) is 0 Å². The highest BCUT2D eigenvalue weighted by atomic mass is 35.5. The summed E-state index contributed by atoms with van der Waals surface area (Å²) in [6, 6.07) is 2.16. The van der Waals surface area contributed by atoms with Gasteiger partial charge in [-0.15, -0.1) is 11.3 Å². The molecule has 0 spiro atoms. The first kappa shape index (κ1) is 14.8. The fraction of sp³-hybridized carbons (Fsp3) is 0.643. The van der Waals surface area contributed by atoms with Crippen molar-refractivity contribution in [3.63, 3.8) is 0 Å². The number of halogens is 1. The fourth-order valence-corrected chi connectivity index (χ4v) is 3.85. The maximum atomic E-state index is 12.3. The van der Waals surface area contributed by atoms with Gasteiger partial charge in [0.2, 0.25) is 5.91 Å². The summed E-state index contributed by atoms with van der Waals surface area (Å²) in [5.41, 5.74) is 5.82. The smallest absolute Gasteiger partial charge is 0.223 e. The molecule has 0 aromatic carbocycles. The molecule has 1 saturated heterocycles. The van der Waals surface area contributed by atoms with E-state index < -0.39 is 0 Å². The SMILES string of the molecule is C[C@H]1CCCN(C(=O)CCc2cc(Cl)cs2)[C@H]1CN. The predicted octanol–water partition coefficient (Wildman–Crippen LogP) is 2.92. The van der Waals surface area contributed by atoms with E-state index in [4.69, 9.17) is 17.3 Å². The lowest BCUT2D eigenvalue weighted by molar-refractivity contribution is -0.136. The topological polar surface area (TPSA) is 46.3 Å². The lowest BCUT2D eigenvalue weighted by Gasteiger charge is -2.39. The first-order valence-corrected chi connectivity index (χ1v) is 8.10. The molecule has 1 fully saturated rings. The fourth-order valence-electron chi connectivity index (χ4n) is 2.78. The van der Waals surface area contributed by atoms with Crippen molar-refractivity contribution in [2.24, 2.45) is 11.7 Å². The van der Waals surface area contributed by atoms with E-state index in [1.807, 2.05) is 16.3 Å². The molecule has 1 aromatic rings. The number of nitrogens with two attached hydrogens (primary N) is 1. The molecule has 0 radical (unpaired) electrons. The molecule has 1 aromatic heterocycles. The number of hydrogen-bond acceptors (Lipinski definition) is 3. The molecule has 0 unspecified atom stereocenters. The number of carbonyl (C=O) groups excluding carboxylic acids is 1. The first-order valence-electron chi connectivity index (χ1n) is 6.84. The Morgan fingerprint density at radius 3 is 3.05 bits per heavy atom. The highest BCUT2D eigenvalue weighted by Crippen LogP contribution is 2.25. The van der Waals surface area contributed by atoms with E-state index in [1.165, 1.54) is 11.3 Å². The van der Waals surface area contributed by atoms with Gasteiger partial charge in [-0.1, -0.05) is 18.5 Å². The Labute approximate surface area is 123 Å². The van der Waals surface area contributed by atoms with E-state index in [1.54, 1.807) is 11.3 Å². The molecule has 2 heterocycles. The van der Waals surface area contributed by atoms with Gasteiger partial charge < -0.3 is 10.6 Å². The number of likely N-dealkylation sites (tertiary alicyclic amines) is 1. The van der Waals surface area contributed by atoms with Crippen molar-refractivity contribution in [2.75, 3.05) is 13.1 Å². The molecule has 106 valence electrons. The molecular weight excluding hydrogens is 280 g/mol. The summed E-state index contributed by atoms with van der Waals surface area (Å²) in [5.74, 6) is 0.741. The summed E-state index contributed by atoms with van der Waals surface area (Å²) < 4.78 is 0. The van der Waals surface area contributed by atoms with Gasteiger partial charge in [0.05, 0.1) is 5.02 Å². The molecule has 2 N–H and O–H groups in total. The average molecular weight is 301 g/mol. The summed E-state index contributed by atoms with van der Waals surface area (Å²) in [6.45, 7) is 3.62. The molecule has 2 rings (SSSR count). The van der Waals surface area contributed by atoms with Crippen LogP contribution in [-0.2, 0) is 11.2 Å². The van der Waals surface area contributed by atoms with Gasteiger partial charge in [-0.3, -0.25) is 4.79 Å². The zero-order valence-corrected chi connectivity index (χ0v) is 12.8. The first-order chi connectivity index (χ1) is 9.11. The second-order valence-electron chi connectivity index (χ2n) is 5.24. The highest BCUT2D eigenvalue weighted by molar-refractivity contribution is 7.10. The van der Waals surface area contributed by atoms with E-state index in [-0.39, 0.29) is 11.9 Å². The van der Waals surface area contributed by atoms with E-state index in [2.05, 4.69) is 6.92 Å². The van der Waals surface area contributed by atoms with E-state index in [0.29, 0.717) is 18.9 Å². The number of hydrogen-bond donors (Lipinski definition) is 1. The van der Waals surface area contributed by atoms with Gasteiger partial charge >= 0.3 is 0 Å². The maximum Gasteiger partial charge on any atom is 0.223 e. The molecule has 2 atom stereocenters. The van der Waals surface area contributed by atoms with Crippen LogP contribution in [0.15, 0.2) is 11.4 Å². The van der Waals surface area contributed by atoms with Crippen LogP contribution >= 0.6 is 22.9 Å². The van der Waals surface area contributed by atoms with Crippen LogP contribution in [0.25, 0.3) is 0 Å². The minimum atomic E-state index is 0.216. The number of amides is 1. The van der Waals surface area contributed by atoms with Crippen LogP contribution in [0.3, 0.4) is 0 Å². The molecule has 19 heavy (non-hydrogen) atoms. The van der Waals surface area contributed by atoms with Gasteiger partial charge in [0.25, 0.3) is 0 Å². The maximum absolute atomic E-state index is 12.3. The number of thiophene rings is 1. The van der Waals surface area contributed by atoms with Crippen LogP contribution < -0.4 is 5.73 Å². The quantitative estimate of drug-likeness (QED) is 0.929. The van der Waals surface area contributed by atoms with Crippen molar-refractivity contribution in [1.29, 1.82) is 0 Å². The lowest BCUT2D eigenvalue weighted by atomic mass is 9.90. The largest absolute Gasteiger partial charge is 0.338 e. The standard InChI is InChI=1S/C14H21ClN2OS/c1-10-3-2-6-17(13(10)8-16)14(18)5-4-12-7-11(15)9-19-12/h7,9-10,13H,2-6,8,16H2,1H3/t10-,13-/m0/s1. The minimum absolute atomic E-state index is 0.216. The molecule has 1 amide bonds. The minimum Gasteiger partial charge on any atom is -0.338 e. The zero-order valence-electron chi connectivity index (χ0n) is 11.3. The molecular formula is C14H21ClN2OS. The van der Waals surface area contributed by atoms with Crippen molar-refractivity contribution in [1.82, 2.24) is 4.90 Å². The summed E-state index contributed by atoms with van der Waals surface area (Å²) in [5, 5.41) is 2.67. The molecule has 0 bridgehead atoms. The van der Waals surface area contributed by atoms with Gasteiger partial charge in [-0.05, 0) is 31.2 Å². The Bertz CT molecular complexity index is 435. The highest BCUT2D eigenvalue weighted by Gasteiger charge is 2.30. The zero-order chi connectivity index (χ0) is 13.8. The van der Waals surface area contributed by atoms with Crippen molar-refractivity contribution in [2.45, 2.75) is 38.6 Å². The summed E-state index contributed by atoms with van der Waals surface area (Å²) in [7, 11) is 0. The summed E-state index contributed by atoms with van der Waals surface area (Å²) in [6.07, 6.45) is 3.60. The van der Waals surface area contributed by atoms with Crippen LogP contribution in [0, 0.1) is 5.92 Å². The second-order valence-corrected chi connectivity index (χ2v) is 6.67. The van der Waals surface area contributed by atoms with Crippen LogP contribution in [0.2, 0.25) is 5.02 Å². The third-order valence-corrected chi connectivity index (χ3v) is 5.23. The number of carbonyl (C=O) groups is 1. The lowest BCUT2D eigenvalue weighted by Crippen LogP contribution is -2.51. The number of piperidine rings is 1. The van der Waals surface area contributed by atoms with E-state index in [9.17, 15) is 4.79 Å². The third-order valence-electron chi connectivity index (χ3n) is 3.88. The Balaban J connectivity index is 1.91. The summed E-state index contributed by atoms with van der Waals surface area (Å²) in [4.78, 5) is 15.5. The Hall–Kier alpha value is -0.580. The normalized spacial score (nSPS) is 23.6. The van der Waals surface area contributed by atoms with E-state index in [0.717, 1.165) is 24.4 Å². The molecule has 0 aliphatic carbocycles.